The van der Waals surface area contributed by atoms with Gasteiger partial charge in [-0.05, 0) is 31.0 Å². The summed E-state index contributed by atoms with van der Waals surface area (Å²) in [4.78, 5) is 4.11. The molecule has 1 aromatic rings. The van der Waals surface area contributed by atoms with E-state index in [0.29, 0.717) is 0 Å². The normalized spacial score (nSPS) is 21.3. The molecule has 1 aliphatic rings. The molecule has 0 bridgehead atoms. The molecule has 3 heteroatoms. The first kappa shape index (κ1) is 9.99. The number of hydrogen-bond acceptors (Lipinski definition) is 3. The lowest BCUT2D eigenvalue weighted by Gasteiger charge is -2.08. The minimum atomic E-state index is 0.747. The highest BCUT2D eigenvalue weighted by atomic mass is 32.2. The highest BCUT2D eigenvalue weighted by Gasteiger charge is 2.13. The minimum Gasteiger partial charge on any atom is -0.313 e. The van der Waals surface area contributed by atoms with E-state index in [4.69, 9.17) is 0 Å². The monoisotopic (exact) mass is 208 g/mol. The average molecular weight is 208 g/mol. The van der Waals surface area contributed by atoms with Crippen molar-refractivity contribution in [1.29, 1.82) is 0 Å². The van der Waals surface area contributed by atoms with Crippen molar-refractivity contribution < 1.29 is 0 Å². The van der Waals surface area contributed by atoms with Gasteiger partial charge in [-0.15, -0.1) is 0 Å². The van der Waals surface area contributed by atoms with Crippen LogP contribution >= 0.6 is 11.8 Å². The molecule has 0 radical (unpaired) electrons. The van der Waals surface area contributed by atoms with Gasteiger partial charge in [-0.25, -0.2) is 0 Å². The molecule has 0 aliphatic carbocycles. The summed E-state index contributed by atoms with van der Waals surface area (Å²) in [5.74, 6) is 2.32. The Bertz CT molecular complexity index is 257. The predicted molar refractivity (Wildman–Crippen MR) is 61.4 cm³/mol. The average Bonchev–Trinajstić information content (AvgIpc) is 2.72. The van der Waals surface area contributed by atoms with E-state index in [1.54, 1.807) is 0 Å². The van der Waals surface area contributed by atoms with Crippen molar-refractivity contribution in [2.75, 3.05) is 12.3 Å². The summed E-state index contributed by atoms with van der Waals surface area (Å²) < 4.78 is 0. The zero-order valence-corrected chi connectivity index (χ0v) is 9.09. The van der Waals surface area contributed by atoms with E-state index in [1.807, 2.05) is 30.2 Å². The first-order valence-corrected chi connectivity index (χ1v) is 6.30. The van der Waals surface area contributed by atoms with E-state index in [0.717, 1.165) is 11.8 Å². The Morgan fingerprint density at radius 1 is 1.57 bits per heavy atom. The molecule has 1 aliphatic heterocycles. The highest BCUT2D eigenvalue weighted by molar-refractivity contribution is 7.98. The summed E-state index contributed by atoms with van der Waals surface area (Å²) in [6, 6.07) is 4.89. The van der Waals surface area contributed by atoms with Crippen molar-refractivity contribution >= 4 is 11.8 Å². The highest BCUT2D eigenvalue weighted by Crippen LogP contribution is 2.16. The van der Waals surface area contributed by atoms with Gasteiger partial charge < -0.3 is 5.32 Å². The van der Waals surface area contributed by atoms with Crippen LogP contribution in [-0.2, 0) is 5.75 Å². The largest absolute Gasteiger partial charge is 0.313 e. The maximum atomic E-state index is 4.11. The maximum Gasteiger partial charge on any atom is 0.0308 e. The van der Waals surface area contributed by atoms with Gasteiger partial charge >= 0.3 is 0 Å². The molecule has 0 aromatic carbocycles. The lowest BCUT2D eigenvalue weighted by molar-refractivity contribution is 0.674. The van der Waals surface area contributed by atoms with Gasteiger partial charge in [-0.2, -0.15) is 11.8 Å². The van der Waals surface area contributed by atoms with Crippen molar-refractivity contribution in [1.82, 2.24) is 10.3 Å². The van der Waals surface area contributed by atoms with Gasteiger partial charge in [0.25, 0.3) is 0 Å². The lowest BCUT2D eigenvalue weighted by atomic mass is 10.3. The SMILES string of the molecule is c1cncc(CSC[C@H]2CCCN2)c1. The Hall–Kier alpha value is -0.540. The van der Waals surface area contributed by atoms with Crippen molar-refractivity contribution in [3.63, 3.8) is 0 Å². The number of thioether (sulfide) groups is 1. The number of nitrogens with zero attached hydrogens (tertiary/aromatic N) is 1. The molecule has 2 nitrogen and oxygen atoms in total. The predicted octanol–water partition coefficient (Wildman–Crippen LogP) is 2.07. The Kier molecular flexibility index (Phi) is 3.83. The van der Waals surface area contributed by atoms with Crippen LogP contribution in [0.3, 0.4) is 0 Å². The molecule has 1 atom stereocenters. The quantitative estimate of drug-likeness (QED) is 0.820. The maximum absolute atomic E-state index is 4.11. The van der Waals surface area contributed by atoms with Gasteiger partial charge in [0.1, 0.15) is 0 Å². The van der Waals surface area contributed by atoms with Crippen LogP contribution in [0.15, 0.2) is 24.5 Å². The minimum absolute atomic E-state index is 0.747. The van der Waals surface area contributed by atoms with Gasteiger partial charge in [-0.3, -0.25) is 4.98 Å². The lowest BCUT2D eigenvalue weighted by Crippen LogP contribution is -2.23. The first-order chi connectivity index (χ1) is 6.95. The smallest absolute Gasteiger partial charge is 0.0308 e. The molecule has 0 spiro atoms. The van der Waals surface area contributed by atoms with Crippen LogP contribution in [0.4, 0.5) is 0 Å². The molecule has 0 saturated carbocycles. The van der Waals surface area contributed by atoms with E-state index < -0.39 is 0 Å². The zero-order valence-electron chi connectivity index (χ0n) is 8.28. The van der Waals surface area contributed by atoms with Gasteiger partial charge in [0.15, 0.2) is 0 Å². The first-order valence-electron chi connectivity index (χ1n) is 5.15. The van der Waals surface area contributed by atoms with E-state index in [-0.39, 0.29) is 0 Å². The summed E-state index contributed by atoms with van der Waals surface area (Å²) in [5, 5.41) is 3.51. The summed E-state index contributed by atoms with van der Waals surface area (Å²) in [7, 11) is 0. The Morgan fingerprint density at radius 3 is 3.29 bits per heavy atom. The van der Waals surface area contributed by atoms with Crippen molar-refractivity contribution in [2.45, 2.75) is 24.6 Å². The van der Waals surface area contributed by atoms with E-state index in [2.05, 4.69) is 16.4 Å². The fourth-order valence-corrected chi connectivity index (χ4v) is 2.79. The fourth-order valence-electron chi connectivity index (χ4n) is 1.70. The molecule has 2 heterocycles. The van der Waals surface area contributed by atoms with E-state index >= 15 is 0 Å². The second-order valence-electron chi connectivity index (χ2n) is 3.67. The Labute approximate surface area is 89.5 Å². The number of rotatable bonds is 4. The molecule has 0 amide bonds. The van der Waals surface area contributed by atoms with Gasteiger partial charge in [0.05, 0.1) is 0 Å². The second kappa shape index (κ2) is 5.37. The fraction of sp³-hybridized carbons (Fsp3) is 0.545. The van der Waals surface area contributed by atoms with Crippen molar-refractivity contribution in [3.05, 3.63) is 30.1 Å². The van der Waals surface area contributed by atoms with Crippen LogP contribution in [0.1, 0.15) is 18.4 Å². The zero-order chi connectivity index (χ0) is 9.64. The molecule has 1 fully saturated rings. The van der Waals surface area contributed by atoms with Crippen molar-refractivity contribution in [3.8, 4) is 0 Å². The molecular weight excluding hydrogens is 192 g/mol. The van der Waals surface area contributed by atoms with Gasteiger partial charge in [0.2, 0.25) is 0 Å². The van der Waals surface area contributed by atoms with Gasteiger partial charge in [0, 0.05) is 29.9 Å². The van der Waals surface area contributed by atoms with Crippen molar-refractivity contribution in [2.24, 2.45) is 0 Å². The molecule has 1 N–H and O–H groups in total. The Balaban J connectivity index is 1.67. The molecule has 1 saturated heterocycles. The summed E-state index contributed by atoms with van der Waals surface area (Å²) >= 11 is 2.00. The number of hydrogen-bond donors (Lipinski definition) is 1. The molecule has 76 valence electrons. The topological polar surface area (TPSA) is 24.9 Å². The number of pyridine rings is 1. The van der Waals surface area contributed by atoms with E-state index in [9.17, 15) is 0 Å². The third kappa shape index (κ3) is 3.00. The van der Waals surface area contributed by atoms with E-state index in [1.165, 1.54) is 30.7 Å². The third-order valence-electron chi connectivity index (χ3n) is 2.47. The summed E-state index contributed by atoms with van der Waals surface area (Å²) in [6.45, 7) is 1.21. The second-order valence-corrected chi connectivity index (χ2v) is 4.70. The number of aromatic nitrogens is 1. The summed E-state index contributed by atoms with van der Waals surface area (Å²) in [6.07, 6.45) is 6.47. The molecule has 1 aromatic heterocycles. The van der Waals surface area contributed by atoms with Gasteiger partial charge in [-0.1, -0.05) is 6.07 Å². The molecular formula is C11H16N2S. The molecule has 0 unspecified atom stereocenters. The standard InChI is InChI=1S/C11H16N2S/c1-3-10(7-12-5-1)8-14-9-11-4-2-6-13-11/h1,3,5,7,11,13H,2,4,6,8-9H2/t11-/m1/s1. The van der Waals surface area contributed by atoms with Crippen LogP contribution in [0.5, 0.6) is 0 Å². The van der Waals surface area contributed by atoms with Crippen LogP contribution in [0, 0.1) is 0 Å². The number of nitrogens with one attached hydrogen (secondary N) is 1. The summed E-state index contributed by atoms with van der Waals surface area (Å²) in [5.41, 5.74) is 1.33. The van der Waals surface area contributed by atoms with Crippen LogP contribution in [0.2, 0.25) is 0 Å². The Morgan fingerprint density at radius 2 is 2.57 bits per heavy atom. The van der Waals surface area contributed by atoms with Crippen LogP contribution in [0.25, 0.3) is 0 Å². The van der Waals surface area contributed by atoms with Crippen LogP contribution in [-0.4, -0.2) is 23.3 Å². The molecule has 2 rings (SSSR count). The molecule has 14 heavy (non-hydrogen) atoms. The third-order valence-corrected chi connectivity index (χ3v) is 3.65. The van der Waals surface area contributed by atoms with Crippen LogP contribution < -0.4 is 5.32 Å².